The predicted octanol–water partition coefficient (Wildman–Crippen LogP) is 4.31. The van der Waals surface area contributed by atoms with E-state index in [0.717, 1.165) is 24.5 Å². The van der Waals surface area contributed by atoms with E-state index in [1.807, 2.05) is 0 Å². The maximum atomic E-state index is 6.56. The molecule has 3 atom stereocenters. The fourth-order valence-electron chi connectivity index (χ4n) is 4.78. The van der Waals surface area contributed by atoms with Gasteiger partial charge in [-0.2, -0.15) is 0 Å². The molecule has 0 radical (unpaired) electrons. The summed E-state index contributed by atoms with van der Waals surface area (Å²) in [6.45, 7) is 7.16. The molecular weight excluding hydrogens is 246 g/mol. The van der Waals surface area contributed by atoms with Gasteiger partial charge in [0.2, 0.25) is 0 Å². The van der Waals surface area contributed by atoms with Crippen LogP contribution in [0.3, 0.4) is 0 Å². The van der Waals surface area contributed by atoms with Crippen LogP contribution in [0.5, 0.6) is 5.75 Å². The molecule has 1 aromatic carbocycles. The summed E-state index contributed by atoms with van der Waals surface area (Å²) < 4.78 is 6.56. The van der Waals surface area contributed by atoms with Crippen LogP contribution in [0, 0.1) is 11.3 Å². The van der Waals surface area contributed by atoms with Crippen molar-refractivity contribution in [2.45, 2.75) is 58.1 Å². The van der Waals surface area contributed by atoms with Gasteiger partial charge in [-0.15, -0.1) is 0 Å². The molecule has 1 spiro atoms. The van der Waals surface area contributed by atoms with E-state index in [1.54, 1.807) is 0 Å². The first-order valence-electron chi connectivity index (χ1n) is 7.88. The molecule has 1 saturated carbocycles. The van der Waals surface area contributed by atoms with Gasteiger partial charge in [0, 0.05) is 18.0 Å². The molecule has 0 saturated heterocycles. The van der Waals surface area contributed by atoms with Crippen LogP contribution >= 0.6 is 0 Å². The molecule has 0 amide bonds. The third-order valence-corrected chi connectivity index (χ3v) is 4.97. The van der Waals surface area contributed by atoms with Crippen molar-refractivity contribution in [1.82, 2.24) is 5.32 Å². The summed E-state index contributed by atoms with van der Waals surface area (Å²) in [5.41, 5.74) is 1.71. The van der Waals surface area contributed by atoms with Crippen molar-refractivity contribution >= 4 is 0 Å². The molecule has 3 unspecified atom stereocenters. The lowest BCUT2D eigenvalue weighted by atomic mass is 9.63. The van der Waals surface area contributed by atoms with E-state index >= 15 is 0 Å². The Bertz CT molecular complexity index is 496. The molecule has 1 fully saturated rings. The zero-order chi connectivity index (χ0) is 14.4. The summed E-state index contributed by atoms with van der Waals surface area (Å²) >= 11 is 0. The minimum absolute atomic E-state index is 0.0171. The summed E-state index contributed by atoms with van der Waals surface area (Å²) in [6, 6.07) is 8.94. The molecule has 1 aliphatic carbocycles. The second-order valence-corrected chi connectivity index (χ2v) is 7.72. The van der Waals surface area contributed by atoms with Crippen LogP contribution in [-0.2, 0) is 0 Å². The number of hydrogen-bond donors (Lipinski definition) is 1. The minimum Gasteiger partial charge on any atom is -0.487 e. The number of fused-ring (bicyclic) bond motifs is 1. The molecule has 20 heavy (non-hydrogen) atoms. The molecular formula is C18H27NO. The van der Waals surface area contributed by atoms with E-state index in [2.05, 4.69) is 57.4 Å². The highest BCUT2D eigenvalue weighted by atomic mass is 16.5. The number of ether oxygens (including phenoxy) is 1. The van der Waals surface area contributed by atoms with Gasteiger partial charge >= 0.3 is 0 Å². The van der Waals surface area contributed by atoms with Crippen LogP contribution in [0.15, 0.2) is 24.3 Å². The van der Waals surface area contributed by atoms with Crippen molar-refractivity contribution < 1.29 is 4.74 Å². The van der Waals surface area contributed by atoms with E-state index < -0.39 is 0 Å². The van der Waals surface area contributed by atoms with Gasteiger partial charge in [-0.3, -0.25) is 0 Å². The number of nitrogens with one attached hydrogen (secondary N) is 1. The van der Waals surface area contributed by atoms with Gasteiger partial charge in [-0.05, 0) is 43.7 Å². The molecule has 0 aromatic heterocycles. The first kappa shape index (κ1) is 13.9. The van der Waals surface area contributed by atoms with Gasteiger partial charge in [-0.25, -0.2) is 0 Å². The number of benzene rings is 1. The molecule has 1 aromatic rings. The lowest BCUT2D eigenvalue weighted by molar-refractivity contribution is -0.0594. The van der Waals surface area contributed by atoms with Gasteiger partial charge in [0.05, 0.1) is 0 Å². The second kappa shape index (κ2) is 4.77. The van der Waals surface area contributed by atoms with Gasteiger partial charge in [-0.1, -0.05) is 39.0 Å². The fraction of sp³-hybridized carbons (Fsp3) is 0.667. The molecule has 1 aliphatic heterocycles. The summed E-state index contributed by atoms with van der Waals surface area (Å²) in [5.74, 6) is 1.82. The van der Waals surface area contributed by atoms with E-state index in [-0.39, 0.29) is 5.60 Å². The Labute approximate surface area is 122 Å². The Morgan fingerprint density at radius 1 is 1.15 bits per heavy atom. The Morgan fingerprint density at radius 2 is 1.90 bits per heavy atom. The minimum atomic E-state index is 0.0171. The average molecular weight is 273 g/mol. The molecule has 1 N–H and O–H groups in total. The lowest BCUT2D eigenvalue weighted by Gasteiger charge is -2.51. The monoisotopic (exact) mass is 273 g/mol. The van der Waals surface area contributed by atoms with E-state index in [0.29, 0.717) is 11.5 Å². The highest BCUT2D eigenvalue weighted by Crippen LogP contribution is 2.52. The van der Waals surface area contributed by atoms with E-state index in [1.165, 1.54) is 18.4 Å². The van der Waals surface area contributed by atoms with Gasteiger partial charge in [0.25, 0.3) is 0 Å². The number of rotatable bonds is 1. The van der Waals surface area contributed by atoms with Gasteiger partial charge in [0.15, 0.2) is 0 Å². The van der Waals surface area contributed by atoms with Crippen LogP contribution in [0.2, 0.25) is 0 Å². The van der Waals surface area contributed by atoms with Gasteiger partial charge < -0.3 is 10.1 Å². The molecule has 2 heteroatoms. The maximum absolute atomic E-state index is 6.56. The zero-order valence-corrected chi connectivity index (χ0v) is 13.2. The van der Waals surface area contributed by atoms with Crippen molar-refractivity contribution in [3.05, 3.63) is 29.8 Å². The van der Waals surface area contributed by atoms with Crippen molar-refractivity contribution in [3.8, 4) is 5.75 Å². The smallest absolute Gasteiger partial charge is 0.124 e. The molecule has 2 nitrogen and oxygen atoms in total. The number of hydrogen-bond acceptors (Lipinski definition) is 2. The Balaban J connectivity index is 1.96. The van der Waals surface area contributed by atoms with Crippen molar-refractivity contribution in [2.75, 3.05) is 7.05 Å². The van der Waals surface area contributed by atoms with Crippen molar-refractivity contribution in [1.29, 1.82) is 0 Å². The Kier molecular flexibility index (Phi) is 3.32. The fourth-order valence-corrected chi connectivity index (χ4v) is 4.78. The van der Waals surface area contributed by atoms with Crippen LogP contribution < -0.4 is 10.1 Å². The van der Waals surface area contributed by atoms with E-state index in [9.17, 15) is 0 Å². The average Bonchev–Trinajstić information content (AvgIpc) is 2.34. The summed E-state index contributed by atoms with van der Waals surface area (Å²) in [4.78, 5) is 0. The summed E-state index contributed by atoms with van der Waals surface area (Å²) in [6.07, 6.45) is 4.75. The Hall–Kier alpha value is -1.02. The second-order valence-electron chi connectivity index (χ2n) is 7.72. The normalized spacial score (nSPS) is 35.4. The standard InChI is InChI=1S/C18H27NO/c1-13-9-17(2,3)12-18(10-13)11-15(19-4)14-7-5-6-8-16(14)20-18/h5-8,13,15,19H,9-12H2,1-4H3. The quantitative estimate of drug-likeness (QED) is 0.823. The van der Waals surface area contributed by atoms with E-state index in [4.69, 9.17) is 4.74 Å². The van der Waals surface area contributed by atoms with Crippen LogP contribution in [0.1, 0.15) is 58.1 Å². The zero-order valence-electron chi connectivity index (χ0n) is 13.2. The highest BCUT2D eigenvalue weighted by Gasteiger charge is 2.48. The summed E-state index contributed by atoms with van der Waals surface area (Å²) in [7, 11) is 2.07. The Morgan fingerprint density at radius 3 is 2.60 bits per heavy atom. The lowest BCUT2D eigenvalue weighted by Crippen LogP contribution is -2.50. The molecule has 3 rings (SSSR count). The molecule has 110 valence electrons. The van der Waals surface area contributed by atoms with Crippen molar-refractivity contribution in [3.63, 3.8) is 0 Å². The third-order valence-electron chi connectivity index (χ3n) is 4.97. The van der Waals surface area contributed by atoms with Crippen LogP contribution in [0.4, 0.5) is 0 Å². The maximum Gasteiger partial charge on any atom is 0.124 e. The van der Waals surface area contributed by atoms with Gasteiger partial charge in [0.1, 0.15) is 11.4 Å². The van der Waals surface area contributed by atoms with Crippen molar-refractivity contribution in [2.24, 2.45) is 11.3 Å². The topological polar surface area (TPSA) is 21.3 Å². The third kappa shape index (κ3) is 2.46. The largest absolute Gasteiger partial charge is 0.487 e. The summed E-state index contributed by atoms with van der Waals surface area (Å²) in [5, 5.41) is 3.49. The SMILES string of the molecule is CNC1CC2(CC(C)CC(C)(C)C2)Oc2ccccc21. The van der Waals surface area contributed by atoms with Crippen LogP contribution in [-0.4, -0.2) is 12.6 Å². The molecule has 2 aliphatic rings. The first-order chi connectivity index (χ1) is 9.43. The first-order valence-corrected chi connectivity index (χ1v) is 7.88. The molecule has 0 bridgehead atoms. The predicted molar refractivity (Wildman–Crippen MR) is 83.0 cm³/mol. The highest BCUT2D eigenvalue weighted by molar-refractivity contribution is 5.39. The van der Waals surface area contributed by atoms with Crippen LogP contribution in [0.25, 0.3) is 0 Å². The molecule has 1 heterocycles. The number of para-hydroxylation sites is 1.